The Labute approximate surface area is 89.9 Å². The van der Waals surface area contributed by atoms with E-state index in [1.54, 1.807) is 0 Å². The van der Waals surface area contributed by atoms with Crippen LogP contribution in [0.15, 0.2) is 0 Å². The van der Waals surface area contributed by atoms with Gasteiger partial charge in [-0.25, -0.2) is 0 Å². The van der Waals surface area contributed by atoms with E-state index in [1.165, 1.54) is 51.7 Å². The second kappa shape index (κ2) is 6.44. The first kappa shape index (κ1) is 12.0. The Kier molecular flexibility index (Phi) is 5.54. The van der Waals surface area contributed by atoms with Crippen LogP contribution in [-0.2, 0) is 0 Å². The summed E-state index contributed by atoms with van der Waals surface area (Å²) < 4.78 is 0. The molecule has 14 heavy (non-hydrogen) atoms. The van der Waals surface area contributed by atoms with Crippen LogP contribution in [0.4, 0.5) is 0 Å². The van der Waals surface area contributed by atoms with Gasteiger partial charge >= 0.3 is 0 Å². The normalized spacial score (nSPS) is 23.4. The third kappa shape index (κ3) is 4.00. The van der Waals surface area contributed by atoms with Gasteiger partial charge in [-0.05, 0) is 50.7 Å². The van der Waals surface area contributed by atoms with Gasteiger partial charge in [0.1, 0.15) is 0 Å². The van der Waals surface area contributed by atoms with Crippen molar-refractivity contribution in [3.63, 3.8) is 0 Å². The van der Waals surface area contributed by atoms with E-state index >= 15 is 0 Å². The smallest absolute Gasteiger partial charge is 0.00161 e. The van der Waals surface area contributed by atoms with E-state index in [0.717, 1.165) is 11.8 Å². The zero-order valence-electron chi connectivity index (χ0n) is 10.3. The molecule has 1 saturated heterocycles. The predicted octanol–water partition coefficient (Wildman–Crippen LogP) is 3.54. The molecule has 0 aromatic heterocycles. The summed E-state index contributed by atoms with van der Waals surface area (Å²) in [6, 6.07) is 0. The molecule has 0 spiro atoms. The van der Waals surface area contributed by atoms with Crippen LogP contribution in [0.1, 0.15) is 52.9 Å². The van der Waals surface area contributed by atoms with Gasteiger partial charge in [-0.2, -0.15) is 0 Å². The Morgan fingerprint density at radius 2 is 1.64 bits per heavy atom. The van der Waals surface area contributed by atoms with Gasteiger partial charge in [0.25, 0.3) is 0 Å². The Morgan fingerprint density at radius 3 is 2.21 bits per heavy atom. The molecular formula is C13H27N. The fraction of sp³-hybridized carbons (Fsp3) is 1.00. The predicted molar refractivity (Wildman–Crippen MR) is 63.5 cm³/mol. The summed E-state index contributed by atoms with van der Waals surface area (Å²) in [4.78, 5) is 2.66. The van der Waals surface area contributed by atoms with Crippen LogP contribution in [-0.4, -0.2) is 24.5 Å². The minimum Gasteiger partial charge on any atom is -0.303 e. The maximum Gasteiger partial charge on any atom is -0.00161 e. The molecular weight excluding hydrogens is 170 g/mol. The largest absolute Gasteiger partial charge is 0.303 e. The van der Waals surface area contributed by atoms with E-state index in [4.69, 9.17) is 0 Å². The van der Waals surface area contributed by atoms with Crippen LogP contribution < -0.4 is 0 Å². The van der Waals surface area contributed by atoms with E-state index < -0.39 is 0 Å². The molecule has 1 fully saturated rings. The highest BCUT2D eigenvalue weighted by atomic mass is 15.1. The van der Waals surface area contributed by atoms with E-state index in [9.17, 15) is 0 Å². The van der Waals surface area contributed by atoms with Crippen LogP contribution >= 0.6 is 0 Å². The summed E-state index contributed by atoms with van der Waals surface area (Å²) in [5.74, 6) is 1.81. The van der Waals surface area contributed by atoms with Gasteiger partial charge in [-0.3, -0.25) is 0 Å². The summed E-state index contributed by atoms with van der Waals surface area (Å²) in [5, 5.41) is 0. The molecule has 2 unspecified atom stereocenters. The summed E-state index contributed by atoms with van der Waals surface area (Å²) in [6.45, 7) is 11.2. The summed E-state index contributed by atoms with van der Waals surface area (Å²) in [7, 11) is 0. The van der Waals surface area contributed by atoms with Crippen LogP contribution in [0, 0.1) is 11.8 Å². The average Bonchev–Trinajstić information content (AvgIpc) is 2.26. The molecule has 1 aliphatic rings. The van der Waals surface area contributed by atoms with Crippen LogP contribution in [0.25, 0.3) is 0 Å². The SMILES string of the molecule is CCC(C)C(C)CCN1CCCCC1. The quantitative estimate of drug-likeness (QED) is 0.651. The Hall–Kier alpha value is -0.0400. The van der Waals surface area contributed by atoms with Gasteiger partial charge in [0, 0.05) is 0 Å². The Bertz CT molecular complexity index is 136. The molecule has 0 saturated carbocycles. The third-order valence-electron chi connectivity index (χ3n) is 3.96. The lowest BCUT2D eigenvalue weighted by Gasteiger charge is -2.28. The van der Waals surface area contributed by atoms with Crippen molar-refractivity contribution in [2.24, 2.45) is 11.8 Å². The lowest BCUT2D eigenvalue weighted by Crippen LogP contribution is -2.31. The van der Waals surface area contributed by atoms with Crippen LogP contribution in [0.2, 0.25) is 0 Å². The Balaban J connectivity index is 2.12. The van der Waals surface area contributed by atoms with Crippen LogP contribution in [0.5, 0.6) is 0 Å². The zero-order valence-corrected chi connectivity index (χ0v) is 10.3. The summed E-state index contributed by atoms with van der Waals surface area (Å²) in [5.41, 5.74) is 0. The number of hydrogen-bond donors (Lipinski definition) is 0. The lowest BCUT2D eigenvalue weighted by molar-refractivity contribution is 0.202. The fourth-order valence-electron chi connectivity index (χ4n) is 2.26. The molecule has 0 bridgehead atoms. The number of likely N-dealkylation sites (tertiary alicyclic amines) is 1. The molecule has 1 rings (SSSR count). The van der Waals surface area contributed by atoms with Crippen molar-refractivity contribution in [1.82, 2.24) is 4.90 Å². The van der Waals surface area contributed by atoms with Gasteiger partial charge in [0.2, 0.25) is 0 Å². The Morgan fingerprint density at radius 1 is 1.00 bits per heavy atom. The summed E-state index contributed by atoms with van der Waals surface area (Å²) >= 11 is 0. The van der Waals surface area contributed by atoms with Crippen LogP contribution in [0.3, 0.4) is 0 Å². The molecule has 2 atom stereocenters. The van der Waals surface area contributed by atoms with Gasteiger partial charge < -0.3 is 4.90 Å². The molecule has 0 aromatic carbocycles. The van der Waals surface area contributed by atoms with Crippen molar-refractivity contribution < 1.29 is 0 Å². The first-order valence-electron chi connectivity index (χ1n) is 6.46. The van der Waals surface area contributed by atoms with Crippen molar-refractivity contribution in [3.8, 4) is 0 Å². The van der Waals surface area contributed by atoms with E-state index in [2.05, 4.69) is 25.7 Å². The van der Waals surface area contributed by atoms with Crippen molar-refractivity contribution in [2.45, 2.75) is 52.9 Å². The number of hydrogen-bond acceptors (Lipinski definition) is 1. The van der Waals surface area contributed by atoms with Crippen molar-refractivity contribution >= 4 is 0 Å². The van der Waals surface area contributed by atoms with Crippen molar-refractivity contribution in [2.75, 3.05) is 19.6 Å². The summed E-state index contributed by atoms with van der Waals surface area (Å²) in [6.07, 6.45) is 7.04. The molecule has 0 N–H and O–H groups in total. The second-order valence-corrected chi connectivity index (χ2v) is 5.05. The lowest BCUT2D eigenvalue weighted by atomic mass is 9.90. The minimum absolute atomic E-state index is 0.903. The van der Waals surface area contributed by atoms with Gasteiger partial charge in [-0.15, -0.1) is 0 Å². The standard InChI is InChI=1S/C13H27N/c1-4-12(2)13(3)8-11-14-9-6-5-7-10-14/h12-13H,4-11H2,1-3H3. The highest BCUT2D eigenvalue weighted by molar-refractivity contribution is 4.67. The third-order valence-corrected chi connectivity index (χ3v) is 3.96. The molecule has 0 radical (unpaired) electrons. The second-order valence-electron chi connectivity index (χ2n) is 5.05. The monoisotopic (exact) mass is 197 g/mol. The molecule has 0 amide bonds. The molecule has 0 aromatic rings. The molecule has 84 valence electrons. The molecule has 0 aliphatic carbocycles. The minimum atomic E-state index is 0.903. The molecule has 1 aliphatic heterocycles. The topological polar surface area (TPSA) is 3.24 Å². The molecule has 1 heterocycles. The van der Waals surface area contributed by atoms with Crippen molar-refractivity contribution in [3.05, 3.63) is 0 Å². The van der Waals surface area contributed by atoms with Gasteiger partial charge in [0.05, 0.1) is 0 Å². The number of piperidine rings is 1. The van der Waals surface area contributed by atoms with E-state index in [0.29, 0.717) is 0 Å². The number of nitrogens with zero attached hydrogens (tertiary/aromatic N) is 1. The fourth-order valence-corrected chi connectivity index (χ4v) is 2.26. The molecule has 1 nitrogen and oxygen atoms in total. The maximum absolute atomic E-state index is 2.66. The highest BCUT2D eigenvalue weighted by Crippen LogP contribution is 2.19. The van der Waals surface area contributed by atoms with E-state index in [-0.39, 0.29) is 0 Å². The zero-order chi connectivity index (χ0) is 10.4. The van der Waals surface area contributed by atoms with Gasteiger partial charge in [-0.1, -0.05) is 33.6 Å². The average molecular weight is 197 g/mol. The highest BCUT2D eigenvalue weighted by Gasteiger charge is 2.14. The number of rotatable bonds is 5. The first-order valence-corrected chi connectivity index (χ1v) is 6.46. The molecule has 1 heteroatoms. The first-order chi connectivity index (χ1) is 6.74. The maximum atomic E-state index is 2.66. The van der Waals surface area contributed by atoms with Crippen molar-refractivity contribution in [1.29, 1.82) is 0 Å². The van der Waals surface area contributed by atoms with Gasteiger partial charge in [0.15, 0.2) is 0 Å². The van der Waals surface area contributed by atoms with E-state index in [1.807, 2.05) is 0 Å².